The van der Waals surface area contributed by atoms with Gasteiger partial charge in [0.1, 0.15) is 19.3 Å². The molecular formula is C24H37N3O6. The van der Waals surface area contributed by atoms with Gasteiger partial charge in [0.2, 0.25) is 5.91 Å². The molecule has 3 heterocycles. The third kappa shape index (κ3) is 7.20. The van der Waals surface area contributed by atoms with Crippen LogP contribution in [-0.2, 0) is 25.6 Å². The number of ether oxygens (including phenoxy) is 2. The number of nitrogens with zero attached hydrogens (tertiary/aromatic N) is 3. The molecule has 1 amide bonds. The van der Waals surface area contributed by atoms with E-state index >= 15 is 0 Å². The molecule has 184 valence electrons. The molecule has 0 radical (unpaired) electrons. The Morgan fingerprint density at radius 2 is 1.85 bits per heavy atom. The van der Waals surface area contributed by atoms with Gasteiger partial charge in [0.05, 0.1) is 11.5 Å². The summed E-state index contributed by atoms with van der Waals surface area (Å²) in [6.07, 6.45) is 5.12. The standard InChI is InChI=1S/C24H37N3O6/c1-32-18-22(30)27-12-3-2-7-24(23(31)33-17-21(29)20(28)6-13-27)8-14-26(15-9-24)16-19-4-10-25-11-5-19/h4-5,10-11,20-21,28-29H,2-3,6-9,12-18H2,1H3/t20-,21+/m0/s1. The Labute approximate surface area is 195 Å². The molecule has 0 bridgehead atoms. The number of rotatable bonds is 4. The predicted octanol–water partition coefficient (Wildman–Crippen LogP) is 0.978. The Morgan fingerprint density at radius 3 is 2.55 bits per heavy atom. The zero-order valence-electron chi connectivity index (χ0n) is 19.5. The van der Waals surface area contributed by atoms with Crippen LogP contribution in [0, 0.1) is 5.41 Å². The lowest BCUT2D eigenvalue weighted by atomic mass is 9.74. The number of likely N-dealkylation sites (tertiary alicyclic amines) is 1. The first-order chi connectivity index (χ1) is 15.9. The Bertz CT molecular complexity index is 754. The molecule has 2 aliphatic rings. The number of aliphatic hydroxyl groups excluding tert-OH is 2. The Balaban J connectivity index is 1.65. The SMILES string of the molecule is COCC(=O)N1CCCCC2(CCN(Cc3ccncc3)CC2)C(=O)OC[C@@H](O)[C@@H](O)CC1. The number of hydrogen-bond acceptors (Lipinski definition) is 8. The van der Waals surface area contributed by atoms with E-state index in [9.17, 15) is 19.8 Å². The molecule has 0 aliphatic carbocycles. The summed E-state index contributed by atoms with van der Waals surface area (Å²) < 4.78 is 10.5. The molecule has 2 aliphatic heterocycles. The number of hydrogen-bond donors (Lipinski definition) is 2. The minimum Gasteiger partial charge on any atom is -0.462 e. The third-order valence-electron chi connectivity index (χ3n) is 6.88. The summed E-state index contributed by atoms with van der Waals surface area (Å²) >= 11 is 0. The number of carbonyl (C=O) groups excluding carboxylic acids is 2. The van der Waals surface area contributed by atoms with Crippen LogP contribution >= 0.6 is 0 Å². The predicted molar refractivity (Wildman–Crippen MR) is 121 cm³/mol. The summed E-state index contributed by atoms with van der Waals surface area (Å²) in [6.45, 7) is 2.97. The van der Waals surface area contributed by atoms with Gasteiger partial charge in [-0.15, -0.1) is 0 Å². The first kappa shape index (κ1) is 25.6. The van der Waals surface area contributed by atoms with Gasteiger partial charge < -0.3 is 24.6 Å². The second-order valence-electron chi connectivity index (χ2n) is 9.20. The minimum atomic E-state index is -1.18. The second-order valence-corrected chi connectivity index (χ2v) is 9.20. The van der Waals surface area contributed by atoms with Gasteiger partial charge >= 0.3 is 5.97 Å². The van der Waals surface area contributed by atoms with E-state index < -0.39 is 17.6 Å². The van der Waals surface area contributed by atoms with Crippen LogP contribution in [0.5, 0.6) is 0 Å². The molecule has 2 saturated heterocycles. The molecule has 1 aromatic heterocycles. The second kappa shape index (κ2) is 12.4. The fraction of sp³-hybridized carbons (Fsp3) is 0.708. The van der Waals surface area contributed by atoms with Crippen molar-refractivity contribution in [3.05, 3.63) is 30.1 Å². The maximum absolute atomic E-state index is 13.1. The van der Waals surface area contributed by atoms with Gasteiger partial charge in [-0.1, -0.05) is 6.42 Å². The van der Waals surface area contributed by atoms with Gasteiger partial charge in [-0.05, 0) is 62.9 Å². The molecule has 1 spiro atoms. The van der Waals surface area contributed by atoms with Gasteiger partial charge in [-0.2, -0.15) is 0 Å². The van der Waals surface area contributed by atoms with Crippen molar-refractivity contribution in [2.75, 3.05) is 46.5 Å². The van der Waals surface area contributed by atoms with Crippen LogP contribution in [0.25, 0.3) is 0 Å². The first-order valence-corrected chi connectivity index (χ1v) is 11.8. The fourth-order valence-corrected chi connectivity index (χ4v) is 4.69. The molecule has 0 unspecified atom stereocenters. The van der Waals surface area contributed by atoms with Crippen molar-refractivity contribution in [2.24, 2.45) is 5.41 Å². The van der Waals surface area contributed by atoms with E-state index in [-0.39, 0.29) is 31.5 Å². The van der Waals surface area contributed by atoms with Crippen molar-refractivity contribution in [1.29, 1.82) is 0 Å². The van der Waals surface area contributed by atoms with E-state index in [0.717, 1.165) is 32.5 Å². The Kier molecular flexibility index (Phi) is 9.61. The molecule has 2 atom stereocenters. The number of methoxy groups -OCH3 is 1. The van der Waals surface area contributed by atoms with Gasteiger partial charge in [0.25, 0.3) is 0 Å². The fourth-order valence-electron chi connectivity index (χ4n) is 4.69. The average Bonchev–Trinajstić information content (AvgIpc) is 2.83. The van der Waals surface area contributed by atoms with Crippen LogP contribution in [-0.4, -0.2) is 95.6 Å². The largest absolute Gasteiger partial charge is 0.462 e. The van der Waals surface area contributed by atoms with Crippen molar-refractivity contribution < 1.29 is 29.3 Å². The molecule has 0 aromatic carbocycles. The van der Waals surface area contributed by atoms with Crippen LogP contribution in [0.4, 0.5) is 0 Å². The maximum Gasteiger partial charge on any atom is 0.312 e. The lowest BCUT2D eigenvalue weighted by Gasteiger charge is -2.40. The summed E-state index contributed by atoms with van der Waals surface area (Å²) in [5.74, 6) is -0.426. The highest BCUT2D eigenvalue weighted by molar-refractivity contribution is 5.77. The van der Waals surface area contributed by atoms with Crippen molar-refractivity contribution in [3.63, 3.8) is 0 Å². The number of cyclic esters (lactones) is 1. The summed E-state index contributed by atoms with van der Waals surface area (Å²) in [5.41, 5.74) is 0.589. The zero-order valence-corrected chi connectivity index (χ0v) is 19.5. The summed E-state index contributed by atoms with van der Waals surface area (Å²) in [4.78, 5) is 33.6. The highest BCUT2D eigenvalue weighted by atomic mass is 16.5. The Hall–Kier alpha value is -2.07. The third-order valence-corrected chi connectivity index (χ3v) is 6.88. The lowest BCUT2D eigenvalue weighted by molar-refractivity contribution is -0.165. The van der Waals surface area contributed by atoms with Gasteiger partial charge in [0, 0.05) is 39.1 Å². The zero-order chi connectivity index (χ0) is 23.7. The highest BCUT2D eigenvalue weighted by Crippen LogP contribution is 2.38. The number of pyridine rings is 1. The van der Waals surface area contributed by atoms with Crippen LogP contribution in [0.2, 0.25) is 0 Å². The van der Waals surface area contributed by atoms with Crippen LogP contribution in [0.1, 0.15) is 44.1 Å². The smallest absolute Gasteiger partial charge is 0.312 e. The monoisotopic (exact) mass is 463 g/mol. The summed E-state index contributed by atoms with van der Waals surface area (Å²) in [5, 5.41) is 20.6. The number of piperidine rings is 1. The number of carbonyl (C=O) groups is 2. The van der Waals surface area contributed by atoms with E-state index in [1.807, 2.05) is 12.1 Å². The van der Waals surface area contributed by atoms with E-state index in [0.29, 0.717) is 32.4 Å². The van der Waals surface area contributed by atoms with Crippen LogP contribution < -0.4 is 0 Å². The molecule has 2 fully saturated rings. The lowest BCUT2D eigenvalue weighted by Crippen LogP contribution is -2.45. The number of esters is 1. The van der Waals surface area contributed by atoms with Gasteiger partial charge in [0.15, 0.2) is 0 Å². The van der Waals surface area contributed by atoms with Crippen molar-refractivity contribution >= 4 is 11.9 Å². The molecule has 0 saturated carbocycles. The normalized spacial score (nSPS) is 25.5. The van der Waals surface area contributed by atoms with Crippen LogP contribution in [0.15, 0.2) is 24.5 Å². The summed E-state index contributed by atoms with van der Waals surface area (Å²) in [6, 6.07) is 4.00. The quantitative estimate of drug-likeness (QED) is 0.636. The van der Waals surface area contributed by atoms with E-state index in [1.165, 1.54) is 12.7 Å². The molecule has 9 heteroatoms. The Morgan fingerprint density at radius 1 is 1.12 bits per heavy atom. The van der Waals surface area contributed by atoms with Crippen molar-refractivity contribution in [1.82, 2.24) is 14.8 Å². The van der Waals surface area contributed by atoms with Crippen molar-refractivity contribution in [2.45, 2.75) is 57.3 Å². The van der Waals surface area contributed by atoms with E-state index in [4.69, 9.17) is 9.47 Å². The minimum absolute atomic E-state index is 0.0164. The molecule has 1 aromatic rings. The van der Waals surface area contributed by atoms with Crippen molar-refractivity contribution in [3.8, 4) is 0 Å². The van der Waals surface area contributed by atoms with Crippen LogP contribution in [0.3, 0.4) is 0 Å². The maximum atomic E-state index is 13.1. The average molecular weight is 464 g/mol. The molecular weight excluding hydrogens is 426 g/mol. The summed E-state index contributed by atoms with van der Waals surface area (Å²) in [7, 11) is 1.48. The number of amides is 1. The topological polar surface area (TPSA) is 112 Å². The number of aromatic nitrogens is 1. The molecule has 33 heavy (non-hydrogen) atoms. The van der Waals surface area contributed by atoms with E-state index in [1.54, 1.807) is 17.3 Å². The van der Waals surface area contributed by atoms with Gasteiger partial charge in [-0.25, -0.2) is 0 Å². The van der Waals surface area contributed by atoms with Gasteiger partial charge in [-0.3, -0.25) is 19.5 Å². The highest BCUT2D eigenvalue weighted by Gasteiger charge is 2.42. The molecule has 3 rings (SSSR count). The molecule has 9 nitrogen and oxygen atoms in total. The van der Waals surface area contributed by atoms with E-state index in [2.05, 4.69) is 9.88 Å². The first-order valence-electron chi connectivity index (χ1n) is 11.8. The molecule has 2 N–H and O–H groups in total. The number of aliphatic hydroxyl groups is 2.